The van der Waals surface area contributed by atoms with Crippen molar-refractivity contribution in [1.29, 1.82) is 0 Å². The lowest BCUT2D eigenvalue weighted by molar-refractivity contribution is 0.942. The predicted molar refractivity (Wildman–Crippen MR) is 56.0 cm³/mol. The van der Waals surface area contributed by atoms with Gasteiger partial charge in [-0.05, 0) is 28.1 Å². The zero-order valence-electron chi connectivity index (χ0n) is 7.05. The molecule has 0 atom stereocenters. The molecular weight excluding hydrogens is 244 g/mol. The van der Waals surface area contributed by atoms with E-state index in [4.69, 9.17) is 0 Å². The second-order valence-corrected chi connectivity index (χ2v) is 3.83. The first-order valence-electron chi connectivity index (χ1n) is 4.09. The summed E-state index contributed by atoms with van der Waals surface area (Å²) < 4.78 is 2.62. The average Bonchev–Trinajstić information content (AvgIpc) is 2.54. The molecule has 0 amide bonds. The Labute approximate surface area is 87.7 Å². The number of pyridine rings is 1. The highest BCUT2D eigenvalue weighted by Gasteiger charge is 2.05. The first-order valence-corrected chi connectivity index (χ1v) is 4.88. The molecule has 0 bridgehead atoms. The molecule has 0 fully saturated rings. The Hall–Kier alpha value is -1.49. The van der Waals surface area contributed by atoms with Crippen LogP contribution in [-0.4, -0.2) is 19.6 Å². The lowest BCUT2D eigenvalue weighted by Crippen LogP contribution is -1.88. The third-order valence-corrected chi connectivity index (χ3v) is 2.41. The van der Waals surface area contributed by atoms with E-state index in [0.717, 1.165) is 21.2 Å². The van der Waals surface area contributed by atoms with Crippen LogP contribution < -0.4 is 0 Å². The van der Waals surface area contributed by atoms with Crippen LogP contribution >= 0.6 is 15.9 Å². The topological polar surface area (TPSA) is 43.1 Å². The van der Waals surface area contributed by atoms with Gasteiger partial charge in [0.25, 0.3) is 0 Å². The predicted octanol–water partition coefficient (Wildman–Crippen LogP) is 2.04. The van der Waals surface area contributed by atoms with Crippen molar-refractivity contribution < 1.29 is 0 Å². The minimum Gasteiger partial charge on any atom is -0.235 e. The maximum absolute atomic E-state index is 4.29. The molecule has 3 aromatic rings. The number of aromatic nitrogens is 4. The maximum atomic E-state index is 4.29. The first kappa shape index (κ1) is 7.87. The molecule has 0 aliphatic rings. The van der Waals surface area contributed by atoms with Crippen LogP contribution in [0.1, 0.15) is 0 Å². The van der Waals surface area contributed by atoms with Crippen molar-refractivity contribution >= 4 is 32.6 Å². The van der Waals surface area contributed by atoms with Gasteiger partial charge in [0.1, 0.15) is 0 Å². The van der Waals surface area contributed by atoms with Gasteiger partial charge in [-0.15, -0.1) is 5.10 Å². The van der Waals surface area contributed by atoms with Crippen molar-refractivity contribution in [1.82, 2.24) is 19.6 Å². The molecule has 3 rings (SSSR count). The number of nitrogens with zero attached hydrogens (tertiary/aromatic N) is 4. The molecule has 0 saturated carbocycles. The van der Waals surface area contributed by atoms with E-state index in [1.807, 2.05) is 18.3 Å². The van der Waals surface area contributed by atoms with E-state index < -0.39 is 0 Å². The molecule has 3 heterocycles. The van der Waals surface area contributed by atoms with Gasteiger partial charge in [-0.1, -0.05) is 0 Å². The second kappa shape index (κ2) is 2.75. The van der Waals surface area contributed by atoms with Gasteiger partial charge in [-0.25, -0.2) is 14.5 Å². The largest absolute Gasteiger partial charge is 0.235 e. The highest BCUT2D eigenvalue weighted by atomic mass is 79.9. The van der Waals surface area contributed by atoms with Gasteiger partial charge in [0.2, 0.25) is 0 Å². The molecule has 0 aliphatic heterocycles. The van der Waals surface area contributed by atoms with Crippen LogP contribution in [0.4, 0.5) is 0 Å². The summed E-state index contributed by atoms with van der Waals surface area (Å²) >= 11 is 3.35. The molecule has 0 N–H and O–H groups in total. The number of halogens is 1. The van der Waals surface area contributed by atoms with E-state index in [1.165, 1.54) is 0 Å². The summed E-state index contributed by atoms with van der Waals surface area (Å²) in [5.74, 6) is 0. The molecule has 0 unspecified atom stereocenters. The van der Waals surface area contributed by atoms with Crippen molar-refractivity contribution in [3.05, 3.63) is 35.2 Å². The van der Waals surface area contributed by atoms with Gasteiger partial charge in [0, 0.05) is 18.6 Å². The van der Waals surface area contributed by atoms with Crippen molar-refractivity contribution in [3.63, 3.8) is 0 Å². The van der Waals surface area contributed by atoms with Gasteiger partial charge in [-0.2, -0.15) is 0 Å². The van der Waals surface area contributed by atoms with Gasteiger partial charge in [0.15, 0.2) is 11.3 Å². The molecule has 0 spiro atoms. The Morgan fingerprint density at radius 1 is 1.29 bits per heavy atom. The van der Waals surface area contributed by atoms with E-state index in [1.54, 1.807) is 16.9 Å². The molecule has 0 aromatic carbocycles. The zero-order chi connectivity index (χ0) is 9.54. The fourth-order valence-corrected chi connectivity index (χ4v) is 1.71. The van der Waals surface area contributed by atoms with E-state index in [2.05, 4.69) is 31.0 Å². The van der Waals surface area contributed by atoms with Crippen LogP contribution in [0.25, 0.3) is 16.7 Å². The van der Waals surface area contributed by atoms with Crippen LogP contribution in [0.5, 0.6) is 0 Å². The Bertz CT molecular complexity index is 616. The van der Waals surface area contributed by atoms with Crippen LogP contribution in [0.3, 0.4) is 0 Å². The molecule has 68 valence electrons. The normalized spacial score (nSPS) is 11.2. The van der Waals surface area contributed by atoms with Gasteiger partial charge >= 0.3 is 0 Å². The number of hydrogen-bond donors (Lipinski definition) is 0. The number of rotatable bonds is 0. The van der Waals surface area contributed by atoms with Crippen LogP contribution in [0.2, 0.25) is 0 Å². The van der Waals surface area contributed by atoms with Crippen molar-refractivity contribution in [2.24, 2.45) is 0 Å². The Balaban J connectivity index is 2.57. The Morgan fingerprint density at radius 2 is 2.21 bits per heavy atom. The number of hydrogen-bond acceptors (Lipinski definition) is 3. The summed E-state index contributed by atoms with van der Waals surface area (Å²) in [6.45, 7) is 0. The molecule has 3 aromatic heterocycles. The summed E-state index contributed by atoms with van der Waals surface area (Å²) in [5.41, 5.74) is 1.55. The lowest BCUT2D eigenvalue weighted by Gasteiger charge is -1.91. The van der Waals surface area contributed by atoms with Gasteiger partial charge < -0.3 is 0 Å². The fourth-order valence-electron chi connectivity index (χ4n) is 1.42. The highest BCUT2D eigenvalue weighted by molar-refractivity contribution is 9.10. The zero-order valence-corrected chi connectivity index (χ0v) is 8.64. The third-order valence-electron chi connectivity index (χ3n) is 2.00. The van der Waals surface area contributed by atoms with Gasteiger partial charge in [0.05, 0.1) is 9.86 Å². The minimum atomic E-state index is 0.720. The Kier molecular flexibility index (Phi) is 1.55. The smallest absolute Gasteiger partial charge is 0.183 e. The lowest BCUT2D eigenvalue weighted by atomic mass is 10.3. The van der Waals surface area contributed by atoms with E-state index in [0.29, 0.717) is 0 Å². The quantitative estimate of drug-likeness (QED) is 0.612. The molecule has 0 aliphatic carbocycles. The second-order valence-electron chi connectivity index (χ2n) is 2.91. The highest BCUT2D eigenvalue weighted by Crippen LogP contribution is 2.16. The van der Waals surface area contributed by atoms with Crippen LogP contribution in [0.15, 0.2) is 35.2 Å². The van der Waals surface area contributed by atoms with Gasteiger partial charge in [-0.3, -0.25) is 0 Å². The monoisotopic (exact) mass is 248 g/mol. The molecule has 14 heavy (non-hydrogen) atoms. The van der Waals surface area contributed by atoms with E-state index in [-0.39, 0.29) is 0 Å². The minimum absolute atomic E-state index is 0.720. The SMILES string of the molecule is Brc1cnc2c3cccnc3nn2c1. The molecule has 4 nitrogen and oxygen atoms in total. The van der Waals surface area contributed by atoms with Crippen LogP contribution in [0, 0.1) is 0 Å². The first-order chi connectivity index (χ1) is 6.84. The molecule has 0 saturated heterocycles. The number of fused-ring (bicyclic) bond motifs is 3. The standard InChI is InChI=1S/C9H5BrN4/c10-6-4-12-9-7-2-1-3-11-8(7)13-14(9)5-6/h1-5H. The summed E-state index contributed by atoms with van der Waals surface area (Å²) in [5, 5.41) is 5.26. The van der Waals surface area contributed by atoms with Crippen molar-refractivity contribution in [3.8, 4) is 0 Å². The summed E-state index contributed by atoms with van der Waals surface area (Å²) in [7, 11) is 0. The molecule has 0 radical (unpaired) electrons. The van der Waals surface area contributed by atoms with Crippen molar-refractivity contribution in [2.75, 3.05) is 0 Å². The molecule has 5 heteroatoms. The third kappa shape index (κ3) is 1.02. The summed E-state index contributed by atoms with van der Waals surface area (Å²) in [6, 6.07) is 3.85. The fraction of sp³-hybridized carbons (Fsp3) is 0. The maximum Gasteiger partial charge on any atom is 0.183 e. The van der Waals surface area contributed by atoms with Crippen LogP contribution in [-0.2, 0) is 0 Å². The Morgan fingerprint density at radius 3 is 3.14 bits per heavy atom. The average molecular weight is 249 g/mol. The summed E-state index contributed by atoms with van der Waals surface area (Å²) in [4.78, 5) is 8.44. The van der Waals surface area contributed by atoms with Crippen molar-refractivity contribution in [2.45, 2.75) is 0 Å². The van der Waals surface area contributed by atoms with E-state index in [9.17, 15) is 0 Å². The molecular formula is C9H5BrN4. The van der Waals surface area contributed by atoms with E-state index >= 15 is 0 Å². The summed E-state index contributed by atoms with van der Waals surface area (Å²) in [6.07, 6.45) is 5.34.